The Balaban J connectivity index is 3.32. The third kappa shape index (κ3) is 2.96. The first-order valence-electron chi connectivity index (χ1n) is 5.54. The van der Waals surface area contributed by atoms with Gasteiger partial charge in [0.2, 0.25) is 0 Å². The Hall–Kier alpha value is -1.80. The van der Waals surface area contributed by atoms with Crippen LogP contribution in [0.2, 0.25) is 0 Å². The average Bonchev–Trinajstić information content (AvgIpc) is 2.31. The van der Waals surface area contributed by atoms with Gasteiger partial charge in [0.1, 0.15) is 0 Å². The number of nitrogens with two attached hydrogens (primary N) is 1. The lowest BCUT2D eigenvalue weighted by Crippen LogP contribution is -2.40. The van der Waals surface area contributed by atoms with E-state index in [-0.39, 0.29) is 23.5 Å². The van der Waals surface area contributed by atoms with Crippen LogP contribution in [0, 0.1) is 0 Å². The fourth-order valence-electron chi connectivity index (χ4n) is 1.57. The number of hydrogen-bond donors (Lipinski definition) is 2. The Morgan fingerprint density at radius 2 is 1.95 bits per heavy atom. The van der Waals surface area contributed by atoms with Crippen molar-refractivity contribution in [3.8, 4) is 0 Å². The monoisotopic (exact) mass is 287 g/mol. The number of rotatable bonds is 5. The van der Waals surface area contributed by atoms with Crippen LogP contribution in [0.15, 0.2) is 18.2 Å². The minimum atomic E-state index is -3.66. The SMILES string of the molecule is CCN(c1ccc(C(=O)O)cc1N)S(=O)(=O)N(C)C. The summed E-state index contributed by atoms with van der Waals surface area (Å²) >= 11 is 0. The van der Waals surface area contributed by atoms with Gasteiger partial charge in [0.15, 0.2) is 0 Å². The number of carboxylic acids is 1. The van der Waals surface area contributed by atoms with E-state index in [0.29, 0.717) is 0 Å². The number of carboxylic acid groups (broad SMARTS) is 1. The van der Waals surface area contributed by atoms with Crippen LogP contribution in [-0.2, 0) is 10.2 Å². The zero-order valence-electron chi connectivity index (χ0n) is 11.0. The molecule has 0 aliphatic heterocycles. The molecule has 8 heteroatoms. The highest BCUT2D eigenvalue weighted by Crippen LogP contribution is 2.27. The highest BCUT2D eigenvalue weighted by Gasteiger charge is 2.25. The van der Waals surface area contributed by atoms with Crippen LogP contribution in [0.5, 0.6) is 0 Å². The van der Waals surface area contributed by atoms with Crippen molar-refractivity contribution in [1.29, 1.82) is 0 Å². The molecule has 0 aliphatic carbocycles. The molecule has 0 saturated carbocycles. The lowest BCUT2D eigenvalue weighted by Gasteiger charge is -2.27. The van der Waals surface area contributed by atoms with Crippen LogP contribution in [-0.4, -0.2) is 44.4 Å². The van der Waals surface area contributed by atoms with Crippen LogP contribution >= 0.6 is 0 Å². The highest BCUT2D eigenvalue weighted by molar-refractivity contribution is 7.90. The van der Waals surface area contributed by atoms with Crippen molar-refractivity contribution in [3.63, 3.8) is 0 Å². The molecule has 0 amide bonds. The lowest BCUT2D eigenvalue weighted by molar-refractivity contribution is 0.0697. The number of nitrogen functional groups attached to an aromatic ring is 1. The summed E-state index contributed by atoms with van der Waals surface area (Å²) in [6, 6.07) is 3.96. The van der Waals surface area contributed by atoms with Gasteiger partial charge in [-0.15, -0.1) is 0 Å². The second-order valence-corrected chi connectivity index (χ2v) is 6.10. The van der Waals surface area contributed by atoms with Gasteiger partial charge >= 0.3 is 16.2 Å². The number of anilines is 2. The normalized spacial score (nSPS) is 11.6. The van der Waals surface area contributed by atoms with Crippen molar-refractivity contribution >= 4 is 27.6 Å². The molecule has 1 rings (SSSR count). The average molecular weight is 287 g/mol. The van der Waals surface area contributed by atoms with E-state index in [2.05, 4.69) is 0 Å². The number of carbonyl (C=O) groups is 1. The molecule has 0 unspecified atom stereocenters. The summed E-state index contributed by atoms with van der Waals surface area (Å²) in [7, 11) is -0.826. The predicted molar refractivity (Wildman–Crippen MR) is 73.4 cm³/mol. The Morgan fingerprint density at radius 3 is 2.32 bits per heavy atom. The van der Waals surface area contributed by atoms with Gasteiger partial charge in [0.05, 0.1) is 16.9 Å². The third-order valence-electron chi connectivity index (χ3n) is 2.57. The maximum Gasteiger partial charge on any atom is 0.335 e. The van der Waals surface area contributed by atoms with E-state index >= 15 is 0 Å². The Morgan fingerprint density at radius 1 is 1.37 bits per heavy atom. The maximum atomic E-state index is 12.1. The molecule has 0 saturated heterocycles. The molecule has 0 fully saturated rings. The fraction of sp³-hybridized carbons (Fsp3) is 0.364. The van der Waals surface area contributed by atoms with E-state index in [0.717, 1.165) is 8.61 Å². The van der Waals surface area contributed by atoms with Crippen molar-refractivity contribution in [2.75, 3.05) is 30.7 Å². The first-order chi connectivity index (χ1) is 8.71. The molecule has 1 aromatic rings. The van der Waals surface area contributed by atoms with Gasteiger partial charge < -0.3 is 10.8 Å². The first-order valence-corrected chi connectivity index (χ1v) is 6.94. The molecule has 19 heavy (non-hydrogen) atoms. The quantitative estimate of drug-likeness (QED) is 0.772. The molecule has 0 radical (unpaired) electrons. The van der Waals surface area contributed by atoms with E-state index in [9.17, 15) is 13.2 Å². The van der Waals surface area contributed by atoms with Crippen LogP contribution in [0.3, 0.4) is 0 Å². The fourth-order valence-corrected chi connectivity index (χ4v) is 2.70. The molecule has 7 nitrogen and oxygen atoms in total. The second kappa shape index (κ2) is 5.45. The van der Waals surface area contributed by atoms with Gasteiger partial charge in [-0.2, -0.15) is 12.7 Å². The highest BCUT2D eigenvalue weighted by atomic mass is 32.2. The first kappa shape index (κ1) is 15.3. The van der Waals surface area contributed by atoms with E-state index in [1.54, 1.807) is 6.92 Å². The lowest BCUT2D eigenvalue weighted by atomic mass is 10.2. The zero-order chi connectivity index (χ0) is 14.8. The second-order valence-electron chi connectivity index (χ2n) is 4.03. The molecule has 106 valence electrons. The van der Waals surface area contributed by atoms with Crippen molar-refractivity contribution < 1.29 is 18.3 Å². The molecular formula is C11H17N3O4S. The van der Waals surface area contributed by atoms with Crippen LogP contribution in [0.1, 0.15) is 17.3 Å². The van der Waals surface area contributed by atoms with Gasteiger partial charge in [-0.05, 0) is 25.1 Å². The van der Waals surface area contributed by atoms with Gasteiger partial charge in [-0.25, -0.2) is 4.79 Å². The number of aromatic carboxylic acids is 1. The number of benzene rings is 1. The van der Waals surface area contributed by atoms with Gasteiger partial charge in [0.25, 0.3) is 0 Å². The van der Waals surface area contributed by atoms with Crippen molar-refractivity contribution in [3.05, 3.63) is 23.8 Å². The van der Waals surface area contributed by atoms with E-state index in [1.165, 1.54) is 32.3 Å². The standard InChI is InChI=1S/C11H17N3O4S/c1-4-14(19(17,18)13(2)3)10-6-5-8(11(15)16)7-9(10)12/h5-7H,4,12H2,1-3H3,(H,15,16). The molecular weight excluding hydrogens is 270 g/mol. The van der Waals surface area contributed by atoms with E-state index in [4.69, 9.17) is 10.8 Å². The smallest absolute Gasteiger partial charge is 0.335 e. The van der Waals surface area contributed by atoms with Gasteiger partial charge in [-0.3, -0.25) is 4.31 Å². The van der Waals surface area contributed by atoms with Crippen LogP contribution in [0.25, 0.3) is 0 Å². The molecule has 0 aliphatic rings. The summed E-state index contributed by atoms with van der Waals surface area (Å²) < 4.78 is 26.4. The Labute approximate surface area is 112 Å². The number of hydrogen-bond acceptors (Lipinski definition) is 4. The minimum Gasteiger partial charge on any atom is -0.478 e. The van der Waals surface area contributed by atoms with Crippen molar-refractivity contribution in [2.24, 2.45) is 0 Å². The van der Waals surface area contributed by atoms with Gasteiger partial charge in [-0.1, -0.05) is 0 Å². The predicted octanol–water partition coefficient (Wildman–Crippen LogP) is 0.600. The summed E-state index contributed by atoms with van der Waals surface area (Å²) in [5.74, 6) is -1.11. The largest absolute Gasteiger partial charge is 0.478 e. The maximum absolute atomic E-state index is 12.1. The summed E-state index contributed by atoms with van der Waals surface area (Å²) in [5.41, 5.74) is 6.13. The van der Waals surface area contributed by atoms with Crippen molar-refractivity contribution in [2.45, 2.75) is 6.92 Å². The Kier molecular flexibility index (Phi) is 4.38. The van der Waals surface area contributed by atoms with Crippen molar-refractivity contribution in [1.82, 2.24) is 4.31 Å². The summed E-state index contributed by atoms with van der Waals surface area (Å²) in [6.07, 6.45) is 0. The molecule has 0 atom stereocenters. The van der Waals surface area contributed by atoms with Crippen LogP contribution < -0.4 is 10.0 Å². The molecule has 0 bridgehead atoms. The summed E-state index contributed by atoms with van der Waals surface area (Å²) in [4.78, 5) is 10.8. The Bertz CT molecular complexity index is 584. The topological polar surface area (TPSA) is 104 Å². The molecule has 0 heterocycles. The number of nitrogens with zero attached hydrogens (tertiary/aromatic N) is 2. The third-order valence-corrected chi connectivity index (χ3v) is 4.51. The zero-order valence-corrected chi connectivity index (χ0v) is 11.8. The van der Waals surface area contributed by atoms with E-state index < -0.39 is 16.2 Å². The van der Waals surface area contributed by atoms with Crippen LogP contribution in [0.4, 0.5) is 11.4 Å². The summed E-state index contributed by atoms with van der Waals surface area (Å²) in [6.45, 7) is 1.86. The molecule has 0 aromatic heterocycles. The molecule has 3 N–H and O–H groups in total. The summed E-state index contributed by atoms with van der Waals surface area (Å²) in [5, 5.41) is 8.85. The minimum absolute atomic E-state index is 0.0135. The molecule has 1 aromatic carbocycles. The van der Waals surface area contributed by atoms with E-state index in [1.807, 2.05) is 0 Å². The van der Waals surface area contributed by atoms with Gasteiger partial charge in [0, 0.05) is 20.6 Å². The molecule has 0 spiro atoms.